The van der Waals surface area contributed by atoms with Gasteiger partial charge in [0.05, 0.1) is 13.7 Å². The minimum Gasteiger partial charge on any atom is -0.467 e. The number of unbranched alkanes of at least 4 members (excludes halogenated alkanes) is 5. The number of aliphatic hydroxyl groups is 6. The van der Waals surface area contributed by atoms with Crippen LogP contribution in [-0.4, -0.2) is 118 Å². The molecule has 0 radical (unpaired) electrons. The summed E-state index contributed by atoms with van der Waals surface area (Å²) in [5.41, 5.74) is 0. The summed E-state index contributed by atoms with van der Waals surface area (Å²) in [4.78, 5) is 24.2. The highest BCUT2D eigenvalue weighted by molar-refractivity contribution is 5.76. The van der Waals surface area contributed by atoms with E-state index in [9.17, 15) is 40.2 Å². The summed E-state index contributed by atoms with van der Waals surface area (Å²) in [6, 6.07) is 0. The number of methoxy groups -OCH3 is 1. The molecule has 0 aliphatic carbocycles. The first kappa shape index (κ1) is 28.8. The van der Waals surface area contributed by atoms with Gasteiger partial charge in [-0.05, 0) is 6.42 Å². The summed E-state index contributed by atoms with van der Waals surface area (Å²) in [7, 11) is 1.01. The van der Waals surface area contributed by atoms with E-state index in [0.717, 1.165) is 39.2 Å². The van der Waals surface area contributed by atoms with Crippen molar-refractivity contribution in [3.05, 3.63) is 0 Å². The lowest BCUT2D eigenvalue weighted by atomic mass is 9.97. The van der Waals surface area contributed by atoms with Gasteiger partial charge in [-0.25, -0.2) is 9.59 Å². The van der Waals surface area contributed by atoms with Crippen LogP contribution < -0.4 is 0 Å². The lowest BCUT2D eigenvalue weighted by Crippen LogP contribution is -2.64. The van der Waals surface area contributed by atoms with Crippen molar-refractivity contribution in [3.8, 4) is 0 Å². The number of hydrogen-bond donors (Lipinski definition) is 6. The zero-order chi connectivity index (χ0) is 25.4. The third-order valence-electron chi connectivity index (χ3n) is 5.82. The summed E-state index contributed by atoms with van der Waals surface area (Å²) in [6.45, 7) is 2.17. The van der Waals surface area contributed by atoms with Gasteiger partial charge in [0.2, 0.25) is 0 Å². The van der Waals surface area contributed by atoms with Gasteiger partial charge in [0.25, 0.3) is 0 Å². The third kappa shape index (κ3) is 7.06. The molecule has 34 heavy (non-hydrogen) atoms. The first-order valence-corrected chi connectivity index (χ1v) is 11.4. The Hall–Kier alpha value is -1.42. The molecule has 10 atom stereocenters. The Morgan fingerprint density at radius 3 is 1.65 bits per heavy atom. The smallest absolute Gasteiger partial charge is 0.338 e. The molecular formula is C21H36O13. The molecule has 6 N–H and O–H groups in total. The minimum absolute atomic E-state index is 0.0665. The fourth-order valence-corrected chi connectivity index (χ4v) is 3.70. The second-order valence-corrected chi connectivity index (χ2v) is 8.39. The molecule has 0 aromatic heterocycles. The number of carbonyl (C=O) groups excluding carboxylic acids is 2. The number of carbonyl (C=O) groups is 2. The van der Waals surface area contributed by atoms with E-state index < -0.39 is 73.4 Å². The van der Waals surface area contributed by atoms with Crippen molar-refractivity contribution in [3.63, 3.8) is 0 Å². The van der Waals surface area contributed by atoms with Crippen LogP contribution in [0.4, 0.5) is 0 Å². The number of ether oxygens (including phenoxy) is 5. The third-order valence-corrected chi connectivity index (χ3v) is 5.82. The van der Waals surface area contributed by atoms with Gasteiger partial charge in [-0.1, -0.05) is 39.0 Å². The summed E-state index contributed by atoms with van der Waals surface area (Å²) in [5, 5.41) is 60.7. The van der Waals surface area contributed by atoms with E-state index in [1.54, 1.807) is 0 Å². The fraction of sp³-hybridized carbons (Fsp3) is 0.905. The maximum Gasteiger partial charge on any atom is 0.338 e. The quantitative estimate of drug-likeness (QED) is 0.132. The Labute approximate surface area is 197 Å². The Morgan fingerprint density at radius 2 is 1.15 bits per heavy atom. The molecule has 0 aromatic rings. The Morgan fingerprint density at radius 1 is 0.676 bits per heavy atom. The summed E-state index contributed by atoms with van der Waals surface area (Å²) in [6.07, 6.45) is -12.6. The highest BCUT2D eigenvalue weighted by Gasteiger charge is 2.53. The molecule has 0 saturated carbocycles. The van der Waals surface area contributed by atoms with Crippen molar-refractivity contribution in [2.75, 3.05) is 13.7 Å². The second-order valence-electron chi connectivity index (χ2n) is 8.39. The van der Waals surface area contributed by atoms with E-state index in [1.165, 1.54) is 0 Å². The van der Waals surface area contributed by atoms with E-state index in [0.29, 0.717) is 6.42 Å². The molecule has 13 heteroatoms. The Balaban J connectivity index is 1.98. The average molecular weight is 497 g/mol. The molecule has 2 saturated heterocycles. The first-order chi connectivity index (χ1) is 16.1. The van der Waals surface area contributed by atoms with Gasteiger partial charge < -0.3 is 54.3 Å². The van der Waals surface area contributed by atoms with Gasteiger partial charge >= 0.3 is 11.9 Å². The zero-order valence-corrected chi connectivity index (χ0v) is 19.3. The lowest BCUT2D eigenvalue weighted by Gasteiger charge is -2.43. The topological polar surface area (TPSA) is 202 Å². The first-order valence-electron chi connectivity index (χ1n) is 11.4. The highest BCUT2D eigenvalue weighted by Crippen LogP contribution is 2.29. The molecule has 2 heterocycles. The van der Waals surface area contributed by atoms with Gasteiger partial charge in [0, 0.05) is 0 Å². The van der Waals surface area contributed by atoms with Crippen LogP contribution >= 0.6 is 0 Å². The molecule has 0 spiro atoms. The van der Waals surface area contributed by atoms with Gasteiger partial charge in [-0.15, -0.1) is 0 Å². The molecule has 198 valence electrons. The average Bonchev–Trinajstić information content (AvgIpc) is 2.83. The van der Waals surface area contributed by atoms with Crippen molar-refractivity contribution in [1.82, 2.24) is 0 Å². The van der Waals surface area contributed by atoms with Crippen molar-refractivity contribution >= 4 is 11.9 Å². The molecule has 13 nitrogen and oxygen atoms in total. The SMILES string of the molecule is CCCCCCCCOC(=O)[C@H]1O[C@H](O[C@H]2O[C@H](C(=O)OC)[C@@H](O)[C@H](O)[C@H]2O)[C@H](O)[C@@H](O)[C@@H]1O. The lowest BCUT2D eigenvalue weighted by molar-refractivity contribution is -0.369. The largest absolute Gasteiger partial charge is 0.467 e. The summed E-state index contributed by atoms with van der Waals surface area (Å²) >= 11 is 0. The standard InChI is InChI=1S/C21H36O13/c1-3-4-5-6-7-8-9-31-19(29)17-13(25)11(23)15(27)21(33-17)34-20-14(26)10(22)12(24)16(32-20)18(28)30-2/h10-17,20-27H,3-9H2,1-2H3/t10-,11-,12-,13-,14+,15+,16-,17-,20+,21+/m0/s1. The van der Waals surface area contributed by atoms with Crippen LogP contribution in [0.5, 0.6) is 0 Å². The molecule has 0 amide bonds. The molecule has 2 aliphatic rings. The molecule has 2 aliphatic heterocycles. The van der Waals surface area contributed by atoms with Crippen LogP contribution in [0.25, 0.3) is 0 Å². The van der Waals surface area contributed by atoms with Crippen molar-refractivity contribution in [2.24, 2.45) is 0 Å². The van der Waals surface area contributed by atoms with Crippen molar-refractivity contribution in [1.29, 1.82) is 0 Å². The number of esters is 2. The predicted molar refractivity (Wildman–Crippen MR) is 111 cm³/mol. The van der Waals surface area contributed by atoms with Crippen LogP contribution in [0.3, 0.4) is 0 Å². The maximum absolute atomic E-state index is 12.4. The van der Waals surface area contributed by atoms with Gasteiger partial charge in [-0.2, -0.15) is 0 Å². The van der Waals surface area contributed by atoms with Crippen LogP contribution in [0.1, 0.15) is 45.4 Å². The molecule has 2 rings (SSSR count). The van der Waals surface area contributed by atoms with Crippen molar-refractivity contribution < 1.29 is 63.9 Å². The van der Waals surface area contributed by atoms with E-state index in [2.05, 4.69) is 11.7 Å². The molecule has 0 bridgehead atoms. The molecule has 2 fully saturated rings. The van der Waals surface area contributed by atoms with Gasteiger partial charge in [0.1, 0.15) is 36.6 Å². The van der Waals surface area contributed by atoms with Crippen LogP contribution in [0.15, 0.2) is 0 Å². The Kier molecular flexibility index (Phi) is 11.5. The van der Waals surface area contributed by atoms with E-state index in [-0.39, 0.29) is 6.61 Å². The highest BCUT2D eigenvalue weighted by atomic mass is 16.8. The van der Waals surface area contributed by atoms with E-state index >= 15 is 0 Å². The predicted octanol–water partition coefficient (Wildman–Crippen LogP) is -2.31. The number of rotatable bonds is 11. The zero-order valence-electron chi connectivity index (χ0n) is 19.3. The summed E-state index contributed by atoms with van der Waals surface area (Å²) < 4.78 is 25.3. The molecule has 0 aromatic carbocycles. The van der Waals surface area contributed by atoms with Crippen LogP contribution in [-0.2, 0) is 33.3 Å². The molecular weight excluding hydrogens is 460 g/mol. The van der Waals surface area contributed by atoms with E-state index in [1.807, 2.05) is 0 Å². The van der Waals surface area contributed by atoms with Gasteiger partial charge in [0.15, 0.2) is 24.8 Å². The van der Waals surface area contributed by atoms with Crippen LogP contribution in [0.2, 0.25) is 0 Å². The Bertz CT molecular complexity index is 646. The molecule has 0 unspecified atom stereocenters. The normalized spacial score (nSPS) is 38.4. The number of aliphatic hydroxyl groups excluding tert-OH is 6. The minimum atomic E-state index is -1.89. The monoisotopic (exact) mass is 496 g/mol. The summed E-state index contributed by atoms with van der Waals surface area (Å²) in [5.74, 6) is -2.06. The maximum atomic E-state index is 12.4. The fourth-order valence-electron chi connectivity index (χ4n) is 3.70. The van der Waals surface area contributed by atoms with Crippen molar-refractivity contribution in [2.45, 2.75) is 107 Å². The van der Waals surface area contributed by atoms with Gasteiger partial charge in [-0.3, -0.25) is 0 Å². The van der Waals surface area contributed by atoms with E-state index in [4.69, 9.17) is 18.9 Å². The van der Waals surface area contributed by atoms with Crippen LogP contribution in [0, 0.1) is 0 Å². The second kappa shape index (κ2) is 13.6. The number of hydrogen-bond acceptors (Lipinski definition) is 13.